The van der Waals surface area contributed by atoms with Gasteiger partial charge in [-0.3, -0.25) is 4.79 Å². The molecule has 2 aromatic carbocycles. The second kappa shape index (κ2) is 9.14. The van der Waals surface area contributed by atoms with Crippen LogP contribution in [0, 0.1) is 0 Å². The summed E-state index contributed by atoms with van der Waals surface area (Å²) in [4.78, 5) is 28.0. The van der Waals surface area contributed by atoms with Crippen molar-refractivity contribution in [1.29, 1.82) is 0 Å². The number of esters is 1. The van der Waals surface area contributed by atoms with Crippen LogP contribution in [0.4, 0.5) is 0 Å². The lowest BCUT2D eigenvalue weighted by Crippen LogP contribution is -2.43. The summed E-state index contributed by atoms with van der Waals surface area (Å²) in [5.74, 6) is -1.22. The molecular formula is C22H24N2O5. The maximum Gasteiger partial charge on any atom is 0.329 e. The van der Waals surface area contributed by atoms with Crippen LogP contribution in [-0.4, -0.2) is 39.7 Å². The minimum absolute atomic E-state index is 0.132. The topological polar surface area (TPSA) is 112 Å². The van der Waals surface area contributed by atoms with E-state index in [9.17, 15) is 19.8 Å². The second-order valence-corrected chi connectivity index (χ2v) is 6.78. The molecule has 3 rings (SSSR count). The van der Waals surface area contributed by atoms with Gasteiger partial charge in [-0.15, -0.1) is 0 Å². The molecule has 1 aromatic heterocycles. The first-order chi connectivity index (χ1) is 14.0. The van der Waals surface area contributed by atoms with Gasteiger partial charge >= 0.3 is 5.97 Å². The molecule has 0 saturated carbocycles. The highest BCUT2D eigenvalue weighted by Crippen LogP contribution is 2.25. The molecule has 29 heavy (non-hydrogen) atoms. The number of amides is 1. The SMILES string of the molecule is CCOC(=O)C(Cc1cc2ccccc2[nH]1)NC(=O)CCc1ccc(O)c(O)c1. The van der Waals surface area contributed by atoms with Crippen molar-refractivity contribution in [2.45, 2.75) is 32.2 Å². The van der Waals surface area contributed by atoms with E-state index in [1.54, 1.807) is 13.0 Å². The van der Waals surface area contributed by atoms with Crippen molar-refractivity contribution in [2.75, 3.05) is 6.61 Å². The van der Waals surface area contributed by atoms with Gasteiger partial charge in [-0.1, -0.05) is 24.3 Å². The number of fused-ring (bicyclic) bond motifs is 1. The third-order valence-corrected chi connectivity index (χ3v) is 4.60. The lowest BCUT2D eigenvalue weighted by atomic mass is 10.1. The first-order valence-electron chi connectivity index (χ1n) is 9.49. The number of carbonyl (C=O) groups is 2. The van der Waals surface area contributed by atoms with E-state index in [2.05, 4.69) is 10.3 Å². The number of hydrogen-bond donors (Lipinski definition) is 4. The lowest BCUT2D eigenvalue weighted by Gasteiger charge is -2.17. The quantitative estimate of drug-likeness (QED) is 0.346. The number of carbonyl (C=O) groups excluding carboxylic acids is 2. The van der Waals surface area contributed by atoms with Gasteiger partial charge in [0.05, 0.1) is 6.61 Å². The van der Waals surface area contributed by atoms with Crippen LogP contribution in [0.5, 0.6) is 11.5 Å². The minimum atomic E-state index is -0.802. The first kappa shape index (κ1) is 20.3. The Labute approximate surface area is 168 Å². The molecule has 7 nitrogen and oxygen atoms in total. The molecule has 0 fully saturated rings. The molecule has 7 heteroatoms. The van der Waals surface area contributed by atoms with Gasteiger partial charge in [0.15, 0.2) is 11.5 Å². The zero-order chi connectivity index (χ0) is 20.8. The van der Waals surface area contributed by atoms with E-state index in [0.717, 1.165) is 16.6 Å². The number of aromatic hydroxyl groups is 2. The normalized spacial score (nSPS) is 11.9. The number of nitrogens with one attached hydrogen (secondary N) is 2. The number of phenols is 2. The van der Waals surface area contributed by atoms with E-state index < -0.39 is 12.0 Å². The number of H-pyrrole nitrogens is 1. The monoisotopic (exact) mass is 396 g/mol. The Morgan fingerprint density at radius 3 is 2.62 bits per heavy atom. The zero-order valence-electron chi connectivity index (χ0n) is 16.1. The molecular weight excluding hydrogens is 372 g/mol. The van der Waals surface area contributed by atoms with E-state index >= 15 is 0 Å². The molecule has 1 atom stereocenters. The Bertz CT molecular complexity index is 978. The van der Waals surface area contributed by atoms with Crippen LogP contribution in [-0.2, 0) is 27.2 Å². The minimum Gasteiger partial charge on any atom is -0.504 e. The highest BCUT2D eigenvalue weighted by atomic mass is 16.5. The molecule has 0 aliphatic heterocycles. The Morgan fingerprint density at radius 1 is 1.10 bits per heavy atom. The average molecular weight is 396 g/mol. The van der Waals surface area contributed by atoms with Crippen LogP contribution in [0.1, 0.15) is 24.6 Å². The fraction of sp³-hybridized carbons (Fsp3) is 0.273. The smallest absolute Gasteiger partial charge is 0.329 e. The van der Waals surface area contributed by atoms with Crippen molar-refractivity contribution in [3.63, 3.8) is 0 Å². The number of ether oxygens (including phenoxy) is 1. The van der Waals surface area contributed by atoms with Crippen molar-refractivity contribution in [1.82, 2.24) is 10.3 Å². The fourth-order valence-electron chi connectivity index (χ4n) is 3.15. The summed E-state index contributed by atoms with van der Waals surface area (Å²) in [5, 5.41) is 22.7. The highest BCUT2D eigenvalue weighted by Gasteiger charge is 2.23. The standard InChI is InChI=1S/C22H24N2O5/c1-2-29-22(28)18(13-16-12-15-5-3-4-6-17(15)23-16)24-21(27)10-8-14-7-9-19(25)20(26)11-14/h3-7,9,11-12,18,23,25-26H,2,8,10,13H2,1H3,(H,24,27). The number of rotatable bonds is 8. The van der Waals surface area contributed by atoms with Gasteiger partial charge in [-0.05, 0) is 48.6 Å². The van der Waals surface area contributed by atoms with Gasteiger partial charge < -0.3 is 25.3 Å². The summed E-state index contributed by atoms with van der Waals surface area (Å²) < 4.78 is 5.11. The van der Waals surface area contributed by atoms with Gasteiger partial charge in [-0.2, -0.15) is 0 Å². The van der Waals surface area contributed by atoms with Crippen LogP contribution in [0.25, 0.3) is 10.9 Å². The molecule has 1 heterocycles. The van der Waals surface area contributed by atoms with Crippen LogP contribution < -0.4 is 5.32 Å². The maximum absolute atomic E-state index is 12.4. The Balaban J connectivity index is 1.65. The first-order valence-corrected chi connectivity index (χ1v) is 9.49. The van der Waals surface area contributed by atoms with Crippen molar-refractivity contribution in [2.24, 2.45) is 0 Å². The number of aromatic amines is 1. The Kier molecular flexibility index (Phi) is 6.39. The highest BCUT2D eigenvalue weighted by molar-refractivity contribution is 5.85. The Morgan fingerprint density at radius 2 is 1.90 bits per heavy atom. The van der Waals surface area contributed by atoms with Gasteiger partial charge in [0.1, 0.15) is 6.04 Å². The number of benzene rings is 2. The number of para-hydroxylation sites is 1. The summed E-state index contributed by atoms with van der Waals surface area (Å²) in [5.41, 5.74) is 2.50. The number of aryl methyl sites for hydroxylation is 1. The van der Waals surface area contributed by atoms with Crippen molar-refractivity contribution in [3.8, 4) is 11.5 Å². The van der Waals surface area contributed by atoms with Gasteiger partial charge in [0, 0.05) is 24.1 Å². The number of aromatic nitrogens is 1. The van der Waals surface area contributed by atoms with Crippen LogP contribution in [0.15, 0.2) is 48.5 Å². The van der Waals surface area contributed by atoms with E-state index in [-0.39, 0.29) is 30.4 Å². The lowest BCUT2D eigenvalue weighted by molar-refractivity contribution is -0.147. The molecule has 1 unspecified atom stereocenters. The molecule has 0 bridgehead atoms. The molecule has 0 spiro atoms. The van der Waals surface area contributed by atoms with Gasteiger partial charge in [0.25, 0.3) is 0 Å². The van der Waals surface area contributed by atoms with E-state index in [1.807, 2.05) is 30.3 Å². The van der Waals surface area contributed by atoms with E-state index in [4.69, 9.17) is 4.74 Å². The largest absolute Gasteiger partial charge is 0.504 e. The van der Waals surface area contributed by atoms with Crippen LogP contribution in [0.3, 0.4) is 0 Å². The average Bonchev–Trinajstić information content (AvgIpc) is 3.11. The summed E-state index contributed by atoms with van der Waals surface area (Å²) in [7, 11) is 0. The molecule has 152 valence electrons. The van der Waals surface area contributed by atoms with Crippen molar-refractivity contribution < 1.29 is 24.5 Å². The second-order valence-electron chi connectivity index (χ2n) is 6.78. The summed E-state index contributed by atoms with van der Waals surface area (Å²) in [6.07, 6.45) is 0.785. The third kappa shape index (κ3) is 5.28. The Hall–Kier alpha value is -3.48. The summed E-state index contributed by atoms with van der Waals surface area (Å²) in [6, 6.07) is 13.4. The van der Waals surface area contributed by atoms with Crippen molar-refractivity contribution >= 4 is 22.8 Å². The van der Waals surface area contributed by atoms with E-state index in [0.29, 0.717) is 18.4 Å². The number of phenolic OH excluding ortho intramolecular Hbond substituents is 2. The molecule has 0 aliphatic rings. The van der Waals surface area contributed by atoms with Crippen LogP contribution >= 0.6 is 0 Å². The van der Waals surface area contributed by atoms with Crippen molar-refractivity contribution in [3.05, 3.63) is 59.8 Å². The molecule has 1 amide bonds. The van der Waals surface area contributed by atoms with E-state index in [1.165, 1.54) is 12.1 Å². The van der Waals surface area contributed by atoms with Gasteiger partial charge in [-0.25, -0.2) is 4.79 Å². The molecule has 4 N–H and O–H groups in total. The summed E-state index contributed by atoms with van der Waals surface area (Å²) >= 11 is 0. The predicted molar refractivity (Wildman–Crippen MR) is 109 cm³/mol. The molecule has 0 radical (unpaired) electrons. The third-order valence-electron chi connectivity index (χ3n) is 4.60. The fourth-order valence-corrected chi connectivity index (χ4v) is 3.15. The molecule has 0 aliphatic carbocycles. The molecule has 0 saturated heterocycles. The van der Waals surface area contributed by atoms with Gasteiger partial charge in [0.2, 0.25) is 5.91 Å². The molecule has 3 aromatic rings. The predicted octanol–water partition coefficient (Wildman–Crippen LogP) is 2.80. The number of hydrogen-bond acceptors (Lipinski definition) is 5. The summed E-state index contributed by atoms with van der Waals surface area (Å²) in [6.45, 7) is 1.95. The van der Waals surface area contributed by atoms with Crippen LogP contribution in [0.2, 0.25) is 0 Å². The zero-order valence-corrected chi connectivity index (χ0v) is 16.1. The maximum atomic E-state index is 12.4.